The molecule has 0 amide bonds. The maximum Gasteiger partial charge on any atom is 0.124 e. The predicted octanol–water partition coefficient (Wildman–Crippen LogP) is 5.09. The second-order valence-corrected chi connectivity index (χ2v) is 5.22. The molecule has 0 saturated carbocycles. The molecule has 0 fully saturated rings. The predicted molar refractivity (Wildman–Crippen MR) is 78.8 cm³/mol. The maximum absolute atomic E-state index is 13.1. The average Bonchev–Trinajstić information content (AvgIpc) is 2.37. The third-order valence-electron chi connectivity index (χ3n) is 2.85. The van der Waals surface area contributed by atoms with Crippen LogP contribution in [0, 0.1) is 5.82 Å². The number of hydrogen-bond acceptors (Lipinski definition) is 1. The van der Waals surface area contributed by atoms with Crippen LogP contribution < -0.4 is 5.32 Å². The quantitative estimate of drug-likeness (QED) is 0.830. The summed E-state index contributed by atoms with van der Waals surface area (Å²) in [6.45, 7) is 0. The summed E-state index contributed by atoms with van der Waals surface area (Å²) in [5, 5.41) is 4.39. The van der Waals surface area contributed by atoms with Gasteiger partial charge in [0.25, 0.3) is 0 Å². The minimum atomic E-state index is -0.374. The molecule has 2 aromatic rings. The number of hydrogen-bond donors (Lipinski definition) is 1. The van der Waals surface area contributed by atoms with Gasteiger partial charge in [0.15, 0.2) is 0 Å². The molecule has 0 heterocycles. The Bertz CT molecular complexity index is 601. The first kappa shape index (κ1) is 14.6. The third kappa shape index (κ3) is 3.03. The van der Waals surface area contributed by atoms with Gasteiger partial charge in [0.2, 0.25) is 0 Å². The lowest BCUT2D eigenvalue weighted by atomic mass is 9.98. The molecule has 0 bridgehead atoms. The summed E-state index contributed by atoms with van der Waals surface area (Å²) in [7, 11) is 1.78. The van der Waals surface area contributed by atoms with Crippen molar-refractivity contribution < 1.29 is 4.39 Å². The molecule has 5 heteroatoms. The molecule has 1 nitrogen and oxygen atoms in total. The van der Waals surface area contributed by atoms with Gasteiger partial charge in [-0.05, 0) is 36.4 Å². The standard InChI is InChI=1S/C14H11Cl3FN/c1-19-14(9-6-5-8(18)7-12(9)16)10-3-2-4-11(15)13(10)17/h2-7,14,19H,1H3. The van der Waals surface area contributed by atoms with Crippen LogP contribution in [-0.2, 0) is 0 Å². The number of rotatable bonds is 3. The molecule has 100 valence electrons. The molecule has 0 saturated heterocycles. The van der Waals surface area contributed by atoms with E-state index in [1.807, 2.05) is 12.1 Å². The van der Waals surface area contributed by atoms with Gasteiger partial charge in [-0.2, -0.15) is 0 Å². The van der Waals surface area contributed by atoms with Crippen molar-refractivity contribution in [3.63, 3.8) is 0 Å². The highest BCUT2D eigenvalue weighted by Gasteiger charge is 2.19. The van der Waals surface area contributed by atoms with Crippen molar-refractivity contribution in [3.8, 4) is 0 Å². The smallest absolute Gasteiger partial charge is 0.124 e. The van der Waals surface area contributed by atoms with Crippen LogP contribution in [0.2, 0.25) is 15.1 Å². The van der Waals surface area contributed by atoms with Crippen molar-refractivity contribution in [1.29, 1.82) is 0 Å². The van der Waals surface area contributed by atoms with Crippen molar-refractivity contribution in [2.24, 2.45) is 0 Å². The van der Waals surface area contributed by atoms with Gasteiger partial charge in [-0.15, -0.1) is 0 Å². The number of halogens is 4. The monoisotopic (exact) mass is 317 g/mol. The fourth-order valence-electron chi connectivity index (χ4n) is 1.96. The molecule has 0 aliphatic carbocycles. The van der Waals surface area contributed by atoms with E-state index >= 15 is 0 Å². The van der Waals surface area contributed by atoms with Crippen LogP contribution in [0.4, 0.5) is 4.39 Å². The fourth-order valence-corrected chi connectivity index (χ4v) is 2.65. The second-order valence-electron chi connectivity index (χ2n) is 4.03. The highest BCUT2D eigenvalue weighted by Crippen LogP contribution is 2.35. The van der Waals surface area contributed by atoms with Gasteiger partial charge >= 0.3 is 0 Å². The van der Waals surface area contributed by atoms with E-state index in [4.69, 9.17) is 34.8 Å². The summed E-state index contributed by atoms with van der Waals surface area (Å²) in [6, 6.07) is 9.41. The number of benzene rings is 2. The highest BCUT2D eigenvalue weighted by atomic mass is 35.5. The Morgan fingerprint density at radius 3 is 2.37 bits per heavy atom. The molecule has 0 radical (unpaired) electrons. The normalized spacial score (nSPS) is 12.5. The van der Waals surface area contributed by atoms with E-state index in [0.717, 1.165) is 11.1 Å². The Morgan fingerprint density at radius 1 is 1.00 bits per heavy atom. The summed E-state index contributed by atoms with van der Waals surface area (Å²) >= 11 is 18.3. The molecule has 19 heavy (non-hydrogen) atoms. The SMILES string of the molecule is CNC(c1ccc(F)cc1Cl)c1cccc(Cl)c1Cl. The van der Waals surface area contributed by atoms with Crippen LogP contribution in [0.3, 0.4) is 0 Å². The van der Waals surface area contributed by atoms with Gasteiger partial charge in [0.1, 0.15) is 5.82 Å². The Morgan fingerprint density at radius 2 is 1.74 bits per heavy atom. The highest BCUT2D eigenvalue weighted by molar-refractivity contribution is 6.42. The van der Waals surface area contributed by atoms with E-state index in [9.17, 15) is 4.39 Å². The van der Waals surface area contributed by atoms with Gasteiger partial charge in [-0.1, -0.05) is 53.0 Å². The van der Waals surface area contributed by atoms with Crippen LogP contribution >= 0.6 is 34.8 Å². The molecule has 1 atom stereocenters. The van der Waals surface area contributed by atoms with E-state index in [0.29, 0.717) is 15.1 Å². The first-order chi connectivity index (χ1) is 9.04. The van der Waals surface area contributed by atoms with E-state index in [1.165, 1.54) is 12.1 Å². The van der Waals surface area contributed by atoms with Gasteiger partial charge in [0.05, 0.1) is 16.1 Å². The average molecular weight is 319 g/mol. The van der Waals surface area contributed by atoms with Gasteiger partial charge in [-0.3, -0.25) is 0 Å². The third-order valence-corrected chi connectivity index (χ3v) is 4.02. The van der Waals surface area contributed by atoms with Crippen LogP contribution in [0.15, 0.2) is 36.4 Å². The molecule has 1 N–H and O–H groups in total. The Kier molecular flexibility index (Phi) is 4.69. The van der Waals surface area contributed by atoms with E-state index in [1.54, 1.807) is 19.2 Å². The molecule has 2 rings (SSSR count). The first-order valence-corrected chi connectivity index (χ1v) is 6.74. The molecule has 2 aromatic carbocycles. The van der Waals surface area contributed by atoms with Gasteiger partial charge < -0.3 is 5.32 Å². The van der Waals surface area contributed by atoms with Crippen molar-refractivity contribution in [2.75, 3.05) is 7.05 Å². The maximum atomic E-state index is 13.1. The molecule has 0 aliphatic heterocycles. The minimum absolute atomic E-state index is 0.251. The van der Waals surface area contributed by atoms with E-state index in [-0.39, 0.29) is 11.9 Å². The van der Waals surface area contributed by atoms with Crippen LogP contribution in [0.25, 0.3) is 0 Å². The van der Waals surface area contributed by atoms with Crippen molar-refractivity contribution in [1.82, 2.24) is 5.32 Å². The molecule has 0 spiro atoms. The molecule has 0 aliphatic rings. The lowest BCUT2D eigenvalue weighted by Crippen LogP contribution is -2.18. The summed E-state index contributed by atoms with van der Waals surface area (Å²) in [6.07, 6.45) is 0. The van der Waals surface area contributed by atoms with Gasteiger partial charge in [-0.25, -0.2) is 4.39 Å². The first-order valence-electron chi connectivity index (χ1n) is 5.60. The lowest BCUT2D eigenvalue weighted by Gasteiger charge is -2.20. The molecular formula is C14H11Cl3FN. The van der Waals surface area contributed by atoms with Crippen LogP contribution in [0.1, 0.15) is 17.2 Å². The molecule has 0 aromatic heterocycles. The van der Waals surface area contributed by atoms with Crippen molar-refractivity contribution in [3.05, 3.63) is 68.4 Å². The Labute approximate surface area is 126 Å². The van der Waals surface area contributed by atoms with Crippen molar-refractivity contribution in [2.45, 2.75) is 6.04 Å². The lowest BCUT2D eigenvalue weighted by molar-refractivity contribution is 0.623. The summed E-state index contributed by atoms with van der Waals surface area (Å²) in [5.74, 6) is -0.374. The Balaban J connectivity index is 2.53. The zero-order chi connectivity index (χ0) is 14.0. The largest absolute Gasteiger partial charge is 0.309 e. The van der Waals surface area contributed by atoms with E-state index < -0.39 is 0 Å². The topological polar surface area (TPSA) is 12.0 Å². The minimum Gasteiger partial charge on any atom is -0.309 e. The molecule has 1 unspecified atom stereocenters. The van der Waals surface area contributed by atoms with E-state index in [2.05, 4.69) is 5.32 Å². The number of nitrogens with one attached hydrogen (secondary N) is 1. The Hall–Kier alpha value is -0.800. The van der Waals surface area contributed by atoms with Crippen LogP contribution in [0.5, 0.6) is 0 Å². The zero-order valence-corrected chi connectivity index (χ0v) is 12.3. The molecular weight excluding hydrogens is 308 g/mol. The van der Waals surface area contributed by atoms with Crippen molar-refractivity contribution >= 4 is 34.8 Å². The zero-order valence-electron chi connectivity index (χ0n) is 10.1. The summed E-state index contributed by atoms with van der Waals surface area (Å²) < 4.78 is 13.1. The summed E-state index contributed by atoms with van der Waals surface area (Å²) in [4.78, 5) is 0. The van der Waals surface area contributed by atoms with Gasteiger partial charge in [0, 0.05) is 5.02 Å². The second kappa shape index (κ2) is 6.10. The fraction of sp³-hybridized carbons (Fsp3) is 0.143. The summed E-state index contributed by atoms with van der Waals surface area (Å²) in [5.41, 5.74) is 1.54. The van der Waals surface area contributed by atoms with Crippen LogP contribution in [-0.4, -0.2) is 7.05 Å².